The van der Waals surface area contributed by atoms with Crippen molar-refractivity contribution in [3.8, 4) is 11.5 Å². The lowest BCUT2D eigenvalue weighted by molar-refractivity contribution is 0.577. The highest BCUT2D eigenvalue weighted by molar-refractivity contribution is 5.80. The number of nitrogens with two attached hydrogens (primary N) is 1. The van der Waals surface area contributed by atoms with E-state index >= 15 is 0 Å². The molecule has 5 nitrogen and oxygen atoms in total. The van der Waals surface area contributed by atoms with Crippen molar-refractivity contribution in [1.29, 1.82) is 0 Å². The maximum absolute atomic E-state index is 7.27. The van der Waals surface area contributed by atoms with Gasteiger partial charge in [-0.3, -0.25) is 4.68 Å². The topological polar surface area (TPSA) is 61.3 Å². The molecule has 0 atom stereocenters. The van der Waals surface area contributed by atoms with Crippen LogP contribution in [0.3, 0.4) is 0 Å². The molecule has 2 heterocycles. The number of hydrogen-bond donors (Lipinski definition) is 1. The third-order valence-corrected chi connectivity index (χ3v) is 3.01. The van der Waals surface area contributed by atoms with E-state index in [9.17, 15) is 0 Å². The van der Waals surface area contributed by atoms with E-state index in [1.54, 1.807) is 23.1 Å². The summed E-state index contributed by atoms with van der Waals surface area (Å²) in [6.45, 7) is 7.79. The molecule has 0 saturated carbocycles. The fourth-order valence-electron chi connectivity index (χ4n) is 2.03. The Balaban J connectivity index is 2.03. The van der Waals surface area contributed by atoms with Crippen LogP contribution in [0.5, 0.6) is 0 Å². The molecule has 0 bridgehead atoms. The summed E-state index contributed by atoms with van der Waals surface area (Å²) in [7, 11) is 0. The van der Waals surface area contributed by atoms with Gasteiger partial charge >= 0.3 is 0 Å². The fraction of sp³-hybridized carbons (Fsp3) is 0.0667. The number of rotatable bonds is 3. The zero-order chi connectivity index (χ0) is 13.9. The van der Waals surface area contributed by atoms with Gasteiger partial charge in [0.2, 0.25) is 0 Å². The summed E-state index contributed by atoms with van der Waals surface area (Å²) in [6, 6.07) is 13.4. The van der Waals surface area contributed by atoms with Gasteiger partial charge in [0.15, 0.2) is 0 Å². The molecular formula is C15H12N4O. The number of aromatic nitrogens is 2. The van der Waals surface area contributed by atoms with Crippen molar-refractivity contribution in [2.45, 2.75) is 6.54 Å². The Morgan fingerprint density at radius 2 is 2.00 bits per heavy atom. The van der Waals surface area contributed by atoms with Gasteiger partial charge in [-0.25, -0.2) is 4.85 Å². The number of nitrogens with zero attached hydrogens (tertiary/aromatic N) is 3. The third kappa shape index (κ3) is 2.04. The maximum atomic E-state index is 7.27. The summed E-state index contributed by atoms with van der Waals surface area (Å²) in [6.07, 6.45) is 1.55. The molecule has 20 heavy (non-hydrogen) atoms. The van der Waals surface area contributed by atoms with Crippen LogP contribution in [0.25, 0.3) is 16.3 Å². The van der Waals surface area contributed by atoms with Gasteiger partial charge in [0.05, 0.1) is 19.4 Å². The van der Waals surface area contributed by atoms with Crippen LogP contribution < -0.4 is 5.73 Å². The Bertz CT molecular complexity index is 751. The highest BCUT2D eigenvalue weighted by Gasteiger charge is 2.19. The first kappa shape index (κ1) is 12.1. The Kier molecular flexibility index (Phi) is 2.98. The first-order valence-corrected chi connectivity index (χ1v) is 6.11. The summed E-state index contributed by atoms with van der Waals surface area (Å²) in [5.41, 5.74) is 7.90. The summed E-state index contributed by atoms with van der Waals surface area (Å²) in [4.78, 5) is 3.47. The lowest BCUT2D eigenvalue weighted by Crippen LogP contribution is -2.05. The Labute approximate surface area is 116 Å². The first-order chi connectivity index (χ1) is 9.79. The molecule has 5 heteroatoms. The fourth-order valence-corrected chi connectivity index (χ4v) is 2.03. The molecule has 0 fully saturated rings. The molecule has 0 aliphatic rings. The molecule has 0 radical (unpaired) electrons. The molecule has 2 aromatic heterocycles. The maximum Gasteiger partial charge on any atom is 0.258 e. The molecule has 0 saturated heterocycles. The van der Waals surface area contributed by atoms with Crippen molar-refractivity contribution in [2.24, 2.45) is 0 Å². The van der Waals surface area contributed by atoms with Gasteiger partial charge in [-0.1, -0.05) is 30.3 Å². The van der Waals surface area contributed by atoms with Crippen LogP contribution in [0, 0.1) is 6.57 Å². The summed E-state index contributed by atoms with van der Waals surface area (Å²) >= 11 is 0. The Morgan fingerprint density at radius 1 is 1.20 bits per heavy atom. The molecule has 3 rings (SSSR count). The molecule has 0 aliphatic heterocycles. The van der Waals surface area contributed by atoms with Crippen molar-refractivity contribution in [3.05, 3.63) is 65.7 Å². The number of furan rings is 1. The first-order valence-electron chi connectivity index (χ1n) is 6.11. The third-order valence-electron chi connectivity index (χ3n) is 3.01. The van der Waals surface area contributed by atoms with Gasteiger partial charge in [0, 0.05) is 0 Å². The van der Waals surface area contributed by atoms with Crippen LogP contribution in [-0.4, -0.2) is 9.78 Å². The molecule has 98 valence electrons. The minimum absolute atomic E-state index is 0.330. The smallest absolute Gasteiger partial charge is 0.258 e. The Morgan fingerprint density at radius 3 is 2.65 bits per heavy atom. The van der Waals surface area contributed by atoms with Crippen LogP contribution in [0.2, 0.25) is 0 Å². The predicted molar refractivity (Wildman–Crippen MR) is 76.1 cm³/mol. The number of nitrogen functional groups attached to an aromatic ring is 1. The van der Waals surface area contributed by atoms with Crippen molar-refractivity contribution in [1.82, 2.24) is 9.78 Å². The normalized spacial score (nSPS) is 10.3. The molecule has 1 aromatic carbocycles. The summed E-state index contributed by atoms with van der Waals surface area (Å²) in [5, 5.41) is 4.40. The van der Waals surface area contributed by atoms with Gasteiger partial charge in [-0.15, -0.1) is 0 Å². The zero-order valence-corrected chi connectivity index (χ0v) is 10.7. The van der Waals surface area contributed by atoms with Crippen LogP contribution in [-0.2, 0) is 6.54 Å². The molecule has 0 unspecified atom stereocenters. The van der Waals surface area contributed by atoms with E-state index in [1.807, 2.05) is 30.3 Å². The van der Waals surface area contributed by atoms with Gasteiger partial charge in [-0.2, -0.15) is 5.10 Å². The Hall–Kier alpha value is -3.00. The van der Waals surface area contributed by atoms with E-state index in [0.29, 0.717) is 29.5 Å². The van der Waals surface area contributed by atoms with Gasteiger partial charge in [0.25, 0.3) is 5.69 Å². The van der Waals surface area contributed by atoms with E-state index in [4.69, 9.17) is 16.7 Å². The highest BCUT2D eigenvalue weighted by atomic mass is 16.3. The van der Waals surface area contributed by atoms with Gasteiger partial charge < -0.3 is 10.2 Å². The SMILES string of the molecule is [C-]#[N+]c1c(-c2ccco2)nn(Cc2ccccc2)c1N. The highest BCUT2D eigenvalue weighted by Crippen LogP contribution is 2.35. The minimum Gasteiger partial charge on any atom is -0.464 e. The average molecular weight is 264 g/mol. The van der Waals surface area contributed by atoms with E-state index in [2.05, 4.69) is 9.94 Å². The number of benzene rings is 1. The molecule has 0 amide bonds. The number of anilines is 1. The second-order valence-electron chi connectivity index (χ2n) is 4.31. The summed E-state index contributed by atoms with van der Waals surface area (Å²) < 4.78 is 6.93. The minimum atomic E-state index is 0.330. The van der Waals surface area contributed by atoms with Crippen LogP contribution in [0.15, 0.2) is 53.1 Å². The van der Waals surface area contributed by atoms with E-state index in [0.717, 1.165) is 5.56 Å². The van der Waals surface area contributed by atoms with Crippen molar-refractivity contribution < 1.29 is 4.42 Å². The van der Waals surface area contributed by atoms with Crippen LogP contribution in [0.4, 0.5) is 11.5 Å². The van der Waals surface area contributed by atoms with Crippen molar-refractivity contribution >= 4 is 11.5 Å². The lowest BCUT2D eigenvalue weighted by Gasteiger charge is -2.04. The quantitative estimate of drug-likeness (QED) is 0.738. The van der Waals surface area contributed by atoms with Gasteiger partial charge in [-0.05, 0) is 17.7 Å². The summed E-state index contributed by atoms with van der Waals surface area (Å²) in [5.74, 6) is 0.907. The zero-order valence-electron chi connectivity index (χ0n) is 10.7. The number of hydrogen-bond acceptors (Lipinski definition) is 3. The van der Waals surface area contributed by atoms with Crippen molar-refractivity contribution in [3.63, 3.8) is 0 Å². The molecule has 0 spiro atoms. The monoisotopic (exact) mass is 264 g/mol. The largest absolute Gasteiger partial charge is 0.464 e. The lowest BCUT2D eigenvalue weighted by atomic mass is 10.2. The van der Waals surface area contributed by atoms with Crippen LogP contribution >= 0.6 is 0 Å². The molecule has 3 aromatic rings. The predicted octanol–water partition coefficient (Wildman–Crippen LogP) is 3.32. The van der Waals surface area contributed by atoms with E-state index < -0.39 is 0 Å². The molecule has 2 N–H and O–H groups in total. The second-order valence-corrected chi connectivity index (χ2v) is 4.31. The standard InChI is InChI=1S/C15H12N4O/c1-17-14-13(12-8-5-9-20-12)18-19(15(14)16)10-11-6-3-2-4-7-11/h2-9H,10,16H2. The van der Waals surface area contributed by atoms with Crippen molar-refractivity contribution in [2.75, 3.05) is 5.73 Å². The molecular weight excluding hydrogens is 252 g/mol. The van der Waals surface area contributed by atoms with Gasteiger partial charge in [0.1, 0.15) is 17.3 Å². The average Bonchev–Trinajstić information content (AvgIpc) is 3.09. The second kappa shape index (κ2) is 4.94. The van der Waals surface area contributed by atoms with E-state index in [-0.39, 0.29) is 0 Å². The molecule has 0 aliphatic carbocycles. The van der Waals surface area contributed by atoms with E-state index in [1.165, 1.54) is 0 Å². The van der Waals surface area contributed by atoms with Crippen LogP contribution in [0.1, 0.15) is 5.56 Å².